The van der Waals surface area contributed by atoms with Crippen LogP contribution in [0.2, 0.25) is 5.15 Å². The highest BCUT2D eigenvalue weighted by atomic mass is 35.5. The number of morpholine rings is 1. The standard InChI is InChI=1S/C8H12ClN3O/c1-11-7(9)6-10-8(11)12-2-4-13-5-3-12/h6H,2-5H2,1H3. The molecule has 2 heterocycles. The van der Waals surface area contributed by atoms with Gasteiger partial charge in [-0.05, 0) is 0 Å². The molecule has 1 saturated heterocycles. The van der Waals surface area contributed by atoms with E-state index in [4.69, 9.17) is 16.3 Å². The van der Waals surface area contributed by atoms with Crippen molar-refractivity contribution in [3.8, 4) is 0 Å². The number of aromatic nitrogens is 2. The minimum Gasteiger partial charge on any atom is -0.378 e. The van der Waals surface area contributed by atoms with E-state index in [1.165, 1.54) is 0 Å². The van der Waals surface area contributed by atoms with Gasteiger partial charge in [-0.2, -0.15) is 0 Å². The maximum Gasteiger partial charge on any atom is 0.206 e. The second-order valence-corrected chi connectivity index (χ2v) is 3.43. The lowest BCUT2D eigenvalue weighted by molar-refractivity contribution is 0.122. The Morgan fingerprint density at radius 3 is 2.69 bits per heavy atom. The van der Waals surface area contributed by atoms with Gasteiger partial charge in [-0.3, -0.25) is 0 Å². The molecule has 1 aliphatic heterocycles. The van der Waals surface area contributed by atoms with E-state index >= 15 is 0 Å². The van der Waals surface area contributed by atoms with Gasteiger partial charge in [-0.25, -0.2) is 4.98 Å². The number of hydrogen-bond donors (Lipinski definition) is 0. The molecular formula is C8H12ClN3O. The van der Waals surface area contributed by atoms with Crippen LogP contribution >= 0.6 is 11.6 Å². The number of anilines is 1. The Balaban J connectivity index is 2.18. The lowest BCUT2D eigenvalue weighted by Crippen LogP contribution is -2.37. The summed E-state index contributed by atoms with van der Waals surface area (Å²) in [6.07, 6.45) is 1.67. The van der Waals surface area contributed by atoms with Gasteiger partial charge in [-0.15, -0.1) is 0 Å². The highest BCUT2D eigenvalue weighted by Gasteiger charge is 2.15. The van der Waals surface area contributed by atoms with Crippen LogP contribution in [0.25, 0.3) is 0 Å². The first kappa shape index (κ1) is 8.84. The first-order chi connectivity index (χ1) is 6.29. The molecule has 0 N–H and O–H groups in total. The van der Waals surface area contributed by atoms with Crippen molar-refractivity contribution in [2.75, 3.05) is 31.2 Å². The zero-order valence-corrected chi connectivity index (χ0v) is 8.29. The third-order valence-corrected chi connectivity index (χ3v) is 2.55. The average Bonchev–Trinajstić information content (AvgIpc) is 2.49. The summed E-state index contributed by atoms with van der Waals surface area (Å²) in [4.78, 5) is 6.42. The van der Waals surface area contributed by atoms with Crippen LogP contribution < -0.4 is 4.90 Å². The number of nitrogens with zero attached hydrogens (tertiary/aromatic N) is 3. The van der Waals surface area contributed by atoms with Gasteiger partial charge in [0.05, 0.1) is 19.4 Å². The maximum atomic E-state index is 5.89. The molecule has 0 bridgehead atoms. The van der Waals surface area contributed by atoms with E-state index < -0.39 is 0 Å². The van der Waals surface area contributed by atoms with Gasteiger partial charge in [0.1, 0.15) is 5.15 Å². The predicted molar refractivity (Wildman–Crippen MR) is 51.3 cm³/mol. The fourth-order valence-corrected chi connectivity index (χ4v) is 1.56. The van der Waals surface area contributed by atoms with E-state index in [0.717, 1.165) is 32.3 Å². The van der Waals surface area contributed by atoms with Crippen LogP contribution in [0.1, 0.15) is 0 Å². The molecule has 4 nitrogen and oxygen atoms in total. The van der Waals surface area contributed by atoms with Crippen molar-refractivity contribution >= 4 is 17.5 Å². The molecule has 1 fully saturated rings. The van der Waals surface area contributed by atoms with Crippen molar-refractivity contribution in [2.24, 2.45) is 7.05 Å². The zero-order chi connectivity index (χ0) is 9.26. The number of hydrogen-bond acceptors (Lipinski definition) is 3. The molecule has 0 atom stereocenters. The Hall–Kier alpha value is -0.740. The lowest BCUT2D eigenvalue weighted by atomic mass is 10.4. The first-order valence-corrected chi connectivity index (χ1v) is 4.67. The van der Waals surface area contributed by atoms with Crippen molar-refractivity contribution in [2.45, 2.75) is 0 Å². The molecule has 0 radical (unpaired) electrons. The fourth-order valence-electron chi connectivity index (χ4n) is 1.44. The summed E-state index contributed by atoms with van der Waals surface area (Å²) in [5.74, 6) is 0.924. The van der Waals surface area contributed by atoms with Crippen LogP contribution in [0.4, 0.5) is 5.95 Å². The van der Waals surface area contributed by atoms with Gasteiger partial charge in [0, 0.05) is 20.1 Å². The first-order valence-electron chi connectivity index (χ1n) is 4.29. The van der Waals surface area contributed by atoms with Gasteiger partial charge in [0.15, 0.2) is 0 Å². The summed E-state index contributed by atoms with van der Waals surface area (Å²) in [6, 6.07) is 0. The third-order valence-electron chi connectivity index (χ3n) is 2.20. The Morgan fingerprint density at radius 2 is 2.15 bits per heavy atom. The molecule has 5 heteroatoms. The molecule has 0 aromatic carbocycles. The van der Waals surface area contributed by atoms with Gasteiger partial charge >= 0.3 is 0 Å². The summed E-state index contributed by atoms with van der Waals surface area (Å²) < 4.78 is 7.14. The molecule has 0 spiro atoms. The van der Waals surface area contributed by atoms with Crippen LogP contribution in [0.15, 0.2) is 6.20 Å². The molecule has 72 valence electrons. The van der Waals surface area contributed by atoms with Crippen molar-refractivity contribution in [1.82, 2.24) is 9.55 Å². The van der Waals surface area contributed by atoms with Gasteiger partial charge < -0.3 is 14.2 Å². The number of halogens is 1. The predicted octanol–water partition coefficient (Wildman–Crippen LogP) is 0.910. The van der Waals surface area contributed by atoms with Crippen molar-refractivity contribution in [3.05, 3.63) is 11.3 Å². The van der Waals surface area contributed by atoms with Crippen molar-refractivity contribution in [1.29, 1.82) is 0 Å². The highest BCUT2D eigenvalue weighted by Crippen LogP contribution is 2.17. The lowest BCUT2D eigenvalue weighted by Gasteiger charge is -2.27. The van der Waals surface area contributed by atoms with Crippen LogP contribution in [-0.4, -0.2) is 35.9 Å². The molecule has 13 heavy (non-hydrogen) atoms. The Kier molecular flexibility index (Phi) is 2.42. The van der Waals surface area contributed by atoms with E-state index in [0.29, 0.717) is 5.15 Å². The second kappa shape index (κ2) is 3.55. The molecule has 0 saturated carbocycles. The molecule has 2 rings (SSSR count). The van der Waals surface area contributed by atoms with E-state index in [-0.39, 0.29) is 0 Å². The molecule has 0 unspecified atom stereocenters. The Labute approximate surface area is 82.1 Å². The van der Waals surface area contributed by atoms with E-state index in [1.54, 1.807) is 6.20 Å². The topological polar surface area (TPSA) is 30.3 Å². The highest BCUT2D eigenvalue weighted by molar-refractivity contribution is 6.29. The zero-order valence-electron chi connectivity index (χ0n) is 7.53. The molecule has 1 aromatic rings. The van der Waals surface area contributed by atoms with Crippen molar-refractivity contribution in [3.63, 3.8) is 0 Å². The Bertz CT molecular complexity index is 294. The molecule has 1 aromatic heterocycles. The van der Waals surface area contributed by atoms with Crippen LogP contribution in [0, 0.1) is 0 Å². The smallest absolute Gasteiger partial charge is 0.206 e. The third kappa shape index (κ3) is 1.64. The summed E-state index contributed by atoms with van der Waals surface area (Å²) in [5, 5.41) is 0.668. The summed E-state index contributed by atoms with van der Waals surface area (Å²) in [7, 11) is 1.92. The van der Waals surface area contributed by atoms with E-state index in [2.05, 4.69) is 9.88 Å². The Morgan fingerprint density at radius 1 is 1.46 bits per heavy atom. The minimum absolute atomic E-state index is 0.668. The van der Waals surface area contributed by atoms with E-state index in [9.17, 15) is 0 Å². The molecular weight excluding hydrogens is 190 g/mol. The normalized spacial score (nSPS) is 17.8. The monoisotopic (exact) mass is 201 g/mol. The summed E-state index contributed by atoms with van der Waals surface area (Å²) in [6.45, 7) is 3.32. The van der Waals surface area contributed by atoms with Crippen LogP contribution in [-0.2, 0) is 11.8 Å². The van der Waals surface area contributed by atoms with Gasteiger partial charge in [0.2, 0.25) is 5.95 Å². The SMILES string of the molecule is Cn1c(Cl)cnc1N1CCOCC1. The maximum absolute atomic E-state index is 5.89. The second-order valence-electron chi connectivity index (χ2n) is 3.04. The number of imidazole rings is 1. The molecule has 0 aliphatic carbocycles. The largest absolute Gasteiger partial charge is 0.378 e. The quantitative estimate of drug-likeness (QED) is 0.677. The molecule has 1 aliphatic rings. The van der Waals surface area contributed by atoms with E-state index in [1.807, 2.05) is 11.6 Å². The summed E-state index contributed by atoms with van der Waals surface area (Å²) in [5.41, 5.74) is 0. The number of rotatable bonds is 1. The fraction of sp³-hybridized carbons (Fsp3) is 0.625. The van der Waals surface area contributed by atoms with Crippen LogP contribution in [0.5, 0.6) is 0 Å². The van der Waals surface area contributed by atoms with Gasteiger partial charge in [-0.1, -0.05) is 11.6 Å². The average molecular weight is 202 g/mol. The minimum atomic E-state index is 0.668. The number of ether oxygens (including phenoxy) is 1. The van der Waals surface area contributed by atoms with Crippen LogP contribution in [0.3, 0.4) is 0 Å². The van der Waals surface area contributed by atoms with Crippen molar-refractivity contribution < 1.29 is 4.74 Å². The van der Waals surface area contributed by atoms with Gasteiger partial charge in [0.25, 0.3) is 0 Å². The molecule has 0 amide bonds. The summed E-state index contributed by atoms with van der Waals surface area (Å²) >= 11 is 5.89.